The topological polar surface area (TPSA) is 63.7 Å². The highest BCUT2D eigenvalue weighted by atomic mass is 32.2. The van der Waals surface area contributed by atoms with Gasteiger partial charge in [0.05, 0.1) is 18.0 Å². The molecule has 1 aliphatic carbocycles. The lowest BCUT2D eigenvalue weighted by molar-refractivity contribution is -0.149. The van der Waals surface area contributed by atoms with Gasteiger partial charge in [-0.05, 0) is 44.7 Å². The molecule has 0 radical (unpaired) electrons. The van der Waals surface area contributed by atoms with Crippen LogP contribution in [0.4, 0.5) is 0 Å². The van der Waals surface area contributed by atoms with E-state index in [1.54, 1.807) is 28.6 Å². The minimum absolute atomic E-state index is 0.0852. The zero-order valence-corrected chi connectivity index (χ0v) is 16.9. The minimum atomic E-state index is -3.43. The van der Waals surface area contributed by atoms with Crippen LogP contribution < -0.4 is 0 Å². The molecule has 1 atom stereocenters. The molecule has 1 saturated carbocycles. The van der Waals surface area contributed by atoms with Gasteiger partial charge in [-0.25, -0.2) is 13.2 Å². The number of esters is 1. The highest BCUT2D eigenvalue weighted by Crippen LogP contribution is 2.24. The lowest BCUT2D eigenvalue weighted by Crippen LogP contribution is -2.48. The summed E-state index contributed by atoms with van der Waals surface area (Å²) in [5, 5.41) is -0.140. The molecule has 144 valence electrons. The highest BCUT2D eigenvalue weighted by Gasteiger charge is 2.41. The van der Waals surface area contributed by atoms with E-state index >= 15 is 0 Å². The second-order valence-corrected chi connectivity index (χ2v) is 11.5. The van der Waals surface area contributed by atoms with Crippen molar-refractivity contribution >= 4 is 26.9 Å². The van der Waals surface area contributed by atoms with Gasteiger partial charge in [0.15, 0.2) is 0 Å². The van der Waals surface area contributed by atoms with Crippen LogP contribution in [0, 0.1) is 0 Å². The summed E-state index contributed by atoms with van der Waals surface area (Å²) in [5.74, 6) is 1.36. The normalized spacial score (nSPS) is 22.0. The van der Waals surface area contributed by atoms with Gasteiger partial charge in [0, 0.05) is 10.9 Å². The Labute approximate surface area is 159 Å². The lowest BCUT2D eigenvalue weighted by atomic mass is 9.98. The SMILES string of the molecule is CC(C(=O)OC1CCCCC1)[S+]1CCN(S(=O)(=O)c2ccccc2)CC1. The van der Waals surface area contributed by atoms with Gasteiger partial charge < -0.3 is 4.74 Å². The maximum absolute atomic E-state index is 12.7. The van der Waals surface area contributed by atoms with Crippen LogP contribution in [0.1, 0.15) is 39.0 Å². The predicted molar refractivity (Wildman–Crippen MR) is 105 cm³/mol. The Morgan fingerprint density at radius 2 is 1.73 bits per heavy atom. The number of ether oxygens (including phenoxy) is 1. The molecular weight excluding hydrogens is 370 g/mol. The molecule has 0 N–H and O–H groups in total. The molecular formula is C19H28NO4S2+. The first-order valence-corrected chi connectivity index (χ1v) is 12.5. The van der Waals surface area contributed by atoms with E-state index in [0.29, 0.717) is 18.0 Å². The maximum atomic E-state index is 12.7. The van der Waals surface area contributed by atoms with Gasteiger partial charge in [0.1, 0.15) is 17.6 Å². The summed E-state index contributed by atoms with van der Waals surface area (Å²) in [7, 11) is -3.55. The first-order valence-electron chi connectivity index (χ1n) is 9.40. The molecule has 7 heteroatoms. The monoisotopic (exact) mass is 398 g/mol. The maximum Gasteiger partial charge on any atom is 0.359 e. The van der Waals surface area contributed by atoms with E-state index in [9.17, 15) is 13.2 Å². The van der Waals surface area contributed by atoms with Crippen molar-refractivity contribution in [2.75, 3.05) is 24.6 Å². The van der Waals surface area contributed by atoms with Gasteiger partial charge in [0.2, 0.25) is 15.3 Å². The third-order valence-electron chi connectivity index (χ3n) is 5.25. The number of hydrogen-bond donors (Lipinski definition) is 0. The van der Waals surface area contributed by atoms with Crippen molar-refractivity contribution < 1.29 is 17.9 Å². The van der Waals surface area contributed by atoms with E-state index in [-0.39, 0.29) is 28.2 Å². The van der Waals surface area contributed by atoms with Gasteiger partial charge in [-0.1, -0.05) is 24.6 Å². The van der Waals surface area contributed by atoms with Crippen LogP contribution in [0.5, 0.6) is 0 Å². The number of carbonyl (C=O) groups is 1. The van der Waals surface area contributed by atoms with Gasteiger partial charge in [0.25, 0.3) is 0 Å². The van der Waals surface area contributed by atoms with Crippen molar-refractivity contribution in [2.45, 2.75) is 55.3 Å². The first kappa shape index (κ1) is 19.7. The molecule has 3 rings (SSSR count). The Bertz CT molecular complexity index is 694. The van der Waals surface area contributed by atoms with Crippen LogP contribution in [0.3, 0.4) is 0 Å². The zero-order valence-electron chi connectivity index (χ0n) is 15.3. The summed E-state index contributed by atoms with van der Waals surface area (Å²) in [4.78, 5) is 12.8. The van der Waals surface area contributed by atoms with E-state index in [4.69, 9.17) is 4.74 Å². The Hall–Kier alpha value is -1.05. The van der Waals surface area contributed by atoms with Crippen molar-refractivity contribution in [3.63, 3.8) is 0 Å². The number of rotatable bonds is 5. The molecule has 1 saturated heterocycles. The molecule has 2 fully saturated rings. The summed E-state index contributed by atoms with van der Waals surface area (Å²) >= 11 is 0. The Morgan fingerprint density at radius 3 is 2.35 bits per heavy atom. The first-order chi connectivity index (χ1) is 12.5. The zero-order chi connectivity index (χ0) is 18.6. The fourth-order valence-corrected chi connectivity index (χ4v) is 7.41. The molecule has 0 spiro atoms. The van der Waals surface area contributed by atoms with E-state index in [0.717, 1.165) is 37.2 Å². The third kappa shape index (κ3) is 4.61. The smallest absolute Gasteiger partial charge is 0.359 e. The number of hydrogen-bond acceptors (Lipinski definition) is 4. The van der Waals surface area contributed by atoms with Crippen LogP contribution in [0.25, 0.3) is 0 Å². The van der Waals surface area contributed by atoms with Crippen LogP contribution >= 0.6 is 0 Å². The Balaban J connectivity index is 1.53. The summed E-state index contributed by atoms with van der Waals surface area (Å²) < 4.78 is 32.6. The summed E-state index contributed by atoms with van der Waals surface area (Å²) in [5.41, 5.74) is 0. The molecule has 0 bridgehead atoms. The molecule has 2 aliphatic rings. The van der Waals surface area contributed by atoms with Crippen LogP contribution in [-0.2, 0) is 30.4 Å². The van der Waals surface area contributed by atoms with Gasteiger partial charge in [-0.3, -0.25) is 0 Å². The summed E-state index contributed by atoms with van der Waals surface area (Å²) in [6.07, 6.45) is 5.57. The van der Waals surface area contributed by atoms with Crippen molar-refractivity contribution in [3.8, 4) is 0 Å². The summed E-state index contributed by atoms with van der Waals surface area (Å²) in [6, 6.07) is 8.56. The van der Waals surface area contributed by atoms with Crippen LogP contribution in [0.15, 0.2) is 35.2 Å². The molecule has 0 amide bonds. The van der Waals surface area contributed by atoms with E-state index in [1.165, 1.54) is 6.42 Å². The van der Waals surface area contributed by atoms with Gasteiger partial charge >= 0.3 is 5.97 Å². The fraction of sp³-hybridized carbons (Fsp3) is 0.632. The third-order valence-corrected chi connectivity index (χ3v) is 9.77. The lowest BCUT2D eigenvalue weighted by Gasteiger charge is -2.29. The molecule has 26 heavy (non-hydrogen) atoms. The molecule has 1 heterocycles. The number of nitrogens with zero attached hydrogens (tertiary/aromatic N) is 1. The van der Waals surface area contributed by atoms with E-state index < -0.39 is 10.0 Å². The van der Waals surface area contributed by atoms with Crippen LogP contribution in [0.2, 0.25) is 0 Å². The second-order valence-electron chi connectivity index (χ2n) is 7.00. The molecule has 1 unspecified atom stereocenters. The quantitative estimate of drug-likeness (QED) is 0.565. The number of benzene rings is 1. The predicted octanol–water partition coefficient (Wildman–Crippen LogP) is 2.57. The van der Waals surface area contributed by atoms with Gasteiger partial charge in [-0.2, -0.15) is 4.31 Å². The molecule has 0 aromatic heterocycles. The standard InChI is InChI=1S/C19H28NO4S2/c1-16(19(21)24-17-8-4-2-5-9-17)25-14-12-20(13-15-25)26(22,23)18-10-6-3-7-11-18/h3,6-7,10-11,16-17H,2,4-5,8-9,12-15H2,1H3/q+1. The average molecular weight is 399 g/mol. The second kappa shape index (κ2) is 8.76. The van der Waals surface area contributed by atoms with Crippen LogP contribution in [-0.4, -0.2) is 54.6 Å². The molecule has 5 nitrogen and oxygen atoms in total. The van der Waals surface area contributed by atoms with E-state index in [2.05, 4.69) is 0 Å². The van der Waals surface area contributed by atoms with Crippen molar-refractivity contribution in [3.05, 3.63) is 30.3 Å². The van der Waals surface area contributed by atoms with Crippen molar-refractivity contribution in [1.82, 2.24) is 4.31 Å². The van der Waals surface area contributed by atoms with Crippen molar-refractivity contribution in [2.24, 2.45) is 0 Å². The Kier molecular flexibility index (Phi) is 6.64. The minimum Gasteiger partial charge on any atom is -0.459 e. The van der Waals surface area contributed by atoms with E-state index in [1.807, 2.05) is 13.0 Å². The molecule has 1 aliphatic heterocycles. The van der Waals surface area contributed by atoms with Crippen molar-refractivity contribution in [1.29, 1.82) is 0 Å². The molecule has 1 aromatic rings. The fourth-order valence-electron chi connectivity index (χ4n) is 3.57. The average Bonchev–Trinajstić information content (AvgIpc) is 2.69. The largest absolute Gasteiger partial charge is 0.459 e. The summed E-state index contributed by atoms with van der Waals surface area (Å²) in [6.45, 7) is 2.89. The Morgan fingerprint density at radius 1 is 1.12 bits per heavy atom. The van der Waals surface area contributed by atoms with Gasteiger partial charge in [-0.15, -0.1) is 0 Å². The number of sulfonamides is 1. The highest BCUT2D eigenvalue weighted by molar-refractivity contribution is 7.98. The number of carbonyl (C=O) groups excluding carboxylic acids is 1. The molecule has 1 aromatic carbocycles.